The Balaban J connectivity index is 1.30. The van der Waals surface area contributed by atoms with E-state index in [1.165, 1.54) is 24.3 Å². The molecule has 0 aliphatic carbocycles. The number of sulfonamides is 1. The van der Waals surface area contributed by atoms with E-state index in [-0.39, 0.29) is 29.4 Å². The van der Waals surface area contributed by atoms with Crippen LogP contribution >= 0.6 is 0 Å². The minimum Gasteiger partial charge on any atom is -0.303 e. The van der Waals surface area contributed by atoms with Crippen LogP contribution < -0.4 is 0 Å². The van der Waals surface area contributed by atoms with Crippen LogP contribution in [0.25, 0.3) is 0 Å². The summed E-state index contributed by atoms with van der Waals surface area (Å²) in [5.41, 5.74) is -4.27. The number of rotatable bonds is 11. The van der Waals surface area contributed by atoms with Gasteiger partial charge in [0, 0.05) is 31.3 Å². The van der Waals surface area contributed by atoms with Crippen molar-refractivity contribution in [1.82, 2.24) is 9.21 Å². The van der Waals surface area contributed by atoms with E-state index in [2.05, 4.69) is 4.90 Å². The van der Waals surface area contributed by atoms with Crippen LogP contribution in [-0.4, -0.2) is 89.9 Å². The molecule has 252 valence electrons. The van der Waals surface area contributed by atoms with Gasteiger partial charge in [-0.1, -0.05) is 12.1 Å². The second kappa shape index (κ2) is 13.9. The van der Waals surface area contributed by atoms with Crippen molar-refractivity contribution in [3.8, 4) is 0 Å². The summed E-state index contributed by atoms with van der Waals surface area (Å²) >= 11 is 0. The molecule has 0 aromatic heterocycles. The summed E-state index contributed by atoms with van der Waals surface area (Å²) in [5, 5.41) is -0.881. The Morgan fingerprint density at radius 2 is 1.36 bits per heavy atom. The van der Waals surface area contributed by atoms with E-state index >= 15 is 0 Å². The van der Waals surface area contributed by atoms with Crippen LogP contribution in [0.5, 0.6) is 0 Å². The molecular weight excluding hydrogens is 664 g/mol. The van der Waals surface area contributed by atoms with Gasteiger partial charge < -0.3 is 4.90 Å². The molecule has 0 amide bonds. The molecular formula is C29H37F5N2O6S3. The maximum atomic E-state index is 14.1. The number of alkyl halides is 3. The number of nitrogens with zero attached hydrogens (tertiary/aromatic N) is 2. The molecule has 2 fully saturated rings. The number of benzene rings is 2. The van der Waals surface area contributed by atoms with E-state index in [1.807, 2.05) is 0 Å². The Labute approximate surface area is 261 Å². The van der Waals surface area contributed by atoms with Gasteiger partial charge in [-0.15, -0.1) is 0 Å². The second-order valence-electron chi connectivity index (χ2n) is 11.9. The van der Waals surface area contributed by atoms with Gasteiger partial charge in [-0.05, 0) is 99.5 Å². The zero-order chi connectivity index (χ0) is 33.2. The first-order chi connectivity index (χ1) is 20.9. The molecule has 2 heterocycles. The van der Waals surface area contributed by atoms with Gasteiger partial charge >= 0.3 is 15.5 Å². The molecule has 2 aliphatic heterocycles. The highest BCUT2D eigenvalue weighted by Crippen LogP contribution is 2.33. The van der Waals surface area contributed by atoms with Crippen LogP contribution in [0.2, 0.25) is 0 Å². The van der Waals surface area contributed by atoms with Crippen molar-refractivity contribution in [2.45, 2.75) is 60.1 Å². The Bertz CT molecular complexity index is 1630. The zero-order valence-corrected chi connectivity index (χ0v) is 27.2. The molecule has 45 heavy (non-hydrogen) atoms. The molecule has 8 nitrogen and oxygen atoms in total. The molecule has 0 N–H and O–H groups in total. The lowest BCUT2D eigenvalue weighted by atomic mass is 9.87. The lowest BCUT2D eigenvalue weighted by Gasteiger charge is -2.34. The third-order valence-corrected chi connectivity index (χ3v) is 13.8. The maximum Gasteiger partial charge on any atom is 0.511 e. The predicted molar refractivity (Wildman–Crippen MR) is 160 cm³/mol. The molecule has 1 atom stereocenters. The van der Waals surface area contributed by atoms with E-state index in [9.17, 15) is 47.2 Å². The molecule has 0 saturated carbocycles. The van der Waals surface area contributed by atoms with E-state index in [1.54, 1.807) is 12.1 Å². The summed E-state index contributed by atoms with van der Waals surface area (Å²) in [5.74, 6) is -1.82. The molecule has 4 rings (SSSR count). The minimum absolute atomic E-state index is 0.120. The fourth-order valence-corrected chi connectivity index (χ4v) is 9.67. The zero-order valence-electron chi connectivity index (χ0n) is 24.7. The molecule has 0 unspecified atom stereocenters. The van der Waals surface area contributed by atoms with Crippen LogP contribution in [-0.2, 0) is 29.7 Å². The van der Waals surface area contributed by atoms with Crippen molar-refractivity contribution in [1.29, 1.82) is 0 Å². The van der Waals surface area contributed by atoms with Gasteiger partial charge in [0.1, 0.15) is 11.6 Å². The van der Waals surface area contributed by atoms with Gasteiger partial charge in [0.15, 0.2) is 19.7 Å². The van der Waals surface area contributed by atoms with Crippen molar-refractivity contribution in [2.24, 2.45) is 5.92 Å². The van der Waals surface area contributed by atoms with Gasteiger partial charge in [0.2, 0.25) is 0 Å². The van der Waals surface area contributed by atoms with Gasteiger partial charge in [-0.25, -0.2) is 34.0 Å². The normalized spacial score (nSPS) is 19.5. The Kier molecular flexibility index (Phi) is 11.0. The lowest BCUT2D eigenvalue weighted by Crippen LogP contribution is -2.47. The summed E-state index contributed by atoms with van der Waals surface area (Å²) in [7, 11) is -12.5. The second-order valence-corrected chi connectivity index (χ2v) is 18.2. The molecule has 2 saturated heterocycles. The van der Waals surface area contributed by atoms with E-state index in [0.29, 0.717) is 47.9 Å². The number of piperidine rings is 2. The van der Waals surface area contributed by atoms with Crippen molar-refractivity contribution >= 4 is 29.7 Å². The van der Waals surface area contributed by atoms with Gasteiger partial charge in [-0.2, -0.15) is 17.5 Å². The fourth-order valence-electron chi connectivity index (χ4n) is 6.14. The summed E-state index contributed by atoms with van der Waals surface area (Å²) < 4.78 is 140. The maximum absolute atomic E-state index is 14.1. The largest absolute Gasteiger partial charge is 0.511 e. The smallest absolute Gasteiger partial charge is 0.303 e. The average Bonchev–Trinajstić information content (AvgIpc) is 2.96. The average molecular weight is 701 g/mol. The Morgan fingerprint density at radius 1 is 0.800 bits per heavy atom. The van der Waals surface area contributed by atoms with Crippen molar-refractivity contribution in [3.63, 3.8) is 0 Å². The fraction of sp³-hybridized carbons (Fsp3) is 0.586. The first-order valence-electron chi connectivity index (χ1n) is 14.6. The van der Waals surface area contributed by atoms with Gasteiger partial charge in [-0.3, -0.25) is 0 Å². The number of likely N-dealkylation sites (tertiary alicyclic amines) is 1. The molecule has 0 spiro atoms. The lowest BCUT2D eigenvalue weighted by molar-refractivity contribution is -0.0493. The quantitative estimate of drug-likeness (QED) is 0.312. The highest BCUT2D eigenvalue weighted by Gasteiger charge is 2.51. The van der Waals surface area contributed by atoms with Gasteiger partial charge in [0.05, 0.1) is 15.9 Å². The Hall–Kier alpha value is -2.14. The first-order valence-corrected chi connectivity index (χ1v) is 19.7. The number of sulfone groups is 2. The van der Waals surface area contributed by atoms with Gasteiger partial charge in [0.25, 0.3) is 0 Å². The minimum atomic E-state index is -5.48. The van der Waals surface area contributed by atoms with Crippen molar-refractivity contribution in [2.75, 3.05) is 44.7 Å². The molecule has 16 heteroatoms. The first kappa shape index (κ1) is 35.7. The number of hydrogen-bond acceptors (Lipinski definition) is 7. The number of halogens is 5. The molecule has 2 aliphatic rings. The third kappa shape index (κ3) is 9.02. The van der Waals surface area contributed by atoms with Crippen LogP contribution in [0, 0.1) is 17.6 Å². The topological polar surface area (TPSA) is 109 Å². The number of hydrogen-bond donors (Lipinski definition) is 0. The van der Waals surface area contributed by atoms with Crippen molar-refractivity contribution < 1.29 is 47.2 Å². The van der Waals surface area contributed by atoms with E-state index < -0.39 is 71.1 Å². The molecule has 2 aromatic rings. The van der Waals surface area contributed by atoms with Crippen LogP contribution in [0.1, 0.15) is 55.6 Å². The molecule has 0 bridgehead atoms. The van der Waals surface area contributed by atoms with Crippen LogP contribution in [0.4, 0.5) is 22.0 Å². The Morgan fingerprint density at radius 3 is 1.87 bits per heavy atom. The highest BCUT2D eigenvalue weighted by atomic mass is 32.2. The third-order valence-electron chi connectivity index (χ3n) is 8.79. The summed E-state index contributed by atoms with van der Waals surface area (Å²) in [4.78, 5) is 2.33. The monoisotopic (exact) mass is 700 g/mol. The highest BCUT2D eigenvalue weighted by molar-refractivity contribution is 7.92. The summed E-state index contributed by atoms with van der Waals surface area (Å²) in [6.45, 7) is 0.955. The molecule has 0 radical (unpaired) electrons. The SMILES string of the molecule is CS(=O)(=O)c1ccc([C@@H](CCN2CCC(CCS(=O)(=O)C3CCN(S(=O)(=O)C(F)(F)F)CC3)CC2)c2cc(F)cc(F)c2)cc1. The summed E-state index contributed by atoms with van der Waals surface area (Å²) in [6, 6.07) is 9.57. The molecule has 2 aromatic carbocycles. The standard InChI is InChI=1S/C29H37F5N2O6S3/c1-43(37,38)26-4-2-22(3-5-26)28(23-18-24(30)20-25(31)19-23)10-14-35-12-6-21(7-13-35)11-17-44(39,40)27-8-15-36(16-9-27)45(41,42)29(32,33)34/h2-5,18-21,27-28H,6-17H2,1H3/t28-/m1/s1. The van der Waals surface area contributed by atoms with Crippen LogP contribution in [0.3, 0.4) is 0 Å². The van der Waals surface area contributed by atoms with E-state index in [0.717, 1.165) is 25.2 Å². The van der Waals surface area contributed by atoms with Crippen LogP contribution in [0.15, 0.2) is 47.4 Å². The van der Waals surface area contributed by atoms with Crippen molar-refractivity contribution in [3.05, 3.63) is 65.2 Å². The van der Waals surface area contributed by atoms with E-state index in [4.69, 9.17) is 0 Å². The predicted octanol–water partition coefficient (Wildman–Crippen LogP) is 4.72. The summed E-state index contributed by atoms with van der Waals surface area (Å²) in [6.07, 6.45) is 3.09.